The van der Waals surface area contributed by atoms with Crippen LogP contribution < -0.4 is 5.32 Å². The second-order valence-electron chi connectivity index (χ2n) is 4.88. The molecule has 0 aliphatic heterocycles. The van der Waals surface area contributed by atoms with Gasteiger partial charge in [0, 0.05) is 12.6 Å². The van der Waals surface area contributed by atoms with Crippen molar-refractivity contribution in [3.63, 3.8) is 0 Å². The molecule has 18 heavy (non-hydrogen) atoms. The molecular formula is C15H23BrFN. The predicted octanol–water partition coefficient (Wildman–Crippen LogP) is 5.04. The Kier molecular flexibility index (Phi) is 7.52. The zero-order valence-electron chi connectivity index (χ0n) is 11.3. The fourth-order valence-corrected chi connectivity index (χ4v) is 2.17. The summed E-state index contributed by atoms with van der Waals surface area (Å²) in [7, 11) is 0. The summed E-state index contributed by atoms with van der Waals surface area (Å²) in [6.07, 6.45) is 6.38. The summed E-state index contributed by atoms with van der Waals surface area (Å²) in [5.41, 5.74) is 0.996. The number of nitrogens with one attached hydrogen (secondary N) is 1. The van der Waals surface area contributed by atoms with Crippen LogP contribution in [0.25, 0.3) is 0 Å². The van der Waals surface area contributed by atoms with Gasteiger partial charge in [-0.3, -0.25) is 0 Å². The fourth-order valence-electron chi connectivity index (χ4n) is 1.92. The van der Waals surface area contributed by atoms with Crippen molar-refractivity contribution in [1.29, 1.82) is 0 Å². The molecule has 0 bridgehead atoms. The molecule has 0 heterocycles. The third kappa shape index (κ3) is 5.96. The van der Waals surface area contributed by atoms with E-state index in [2.05, 4.69) is 35.1 Å². The van der Waals surface area contributed by atoms with Gasteiger partial charge in [-0.1, -0.05) is 38.7 Å². The third-order valence-corrected chi connectivity index (χ3v) is 3.77. The Morgan fingerprint density at radius 3 is 2.72 bits per heavy atom. The molecule has 102 valence electrons. The van der Waals surface area contributed by atoms with Crippen LogP contribution in [-0.4, -0.2) is 6.04 Å². The topological polar surface area (TPSA) is 12.0 Å². The Labute approximate surface area is 118 Å². The van der Waals surface area contributed by atoms with Gasteiger partial charge in [-0.15, -0.1) is 0 Å². The number of benzene rings is 1. The number of unbranched alkanes of at least 4 members (excludes halogenated alkanes) is 3. The molecule has 0 saturated carbocycles. The highest BCUT2D eigenvalue weighted by molar-refractivity contribution is 9.10. The summed E-state index contributed by atoms with van der Waals surface area (Å²) in [6, 6.07) is 5.79. The lowest BCUT2D eigenvalue weighted by atomic mass is 10.1. The van der Waals surface area contributed by atoms with Gasteiger partial charge in [0.05, 0.1) is 4.47 Å². The van der Waals surface area contributed by atoms with Crippen LogP contribution in [0.2, 0.25) is 0 Å². The second kappa shape index (κ2) is 8.65. The van der Waals surface area contributed by atoms with Gasteiger partial charge in [-0.05, 0) is 47.0 Å². The van der Waals surface area contributed by atoms with E-state index in [1.165, 1.54) is 32.1 Å². The molecule has 1 aromatic carbocycles. The lowest BCUT2D eigenvalue weighted by Crippen LogP contribution is -2.25. The van der Waals surface area contributed by atoms with Gasteiger partial charge in [0.25, 0.3) is 0 Å². The van der Waals surface area contributed by atoms with E-state index >= 15 is 0 Å². The van der Waals surface area contributed by atoms with Crippen molar-refractivity contribution >= 4 is 15.9 Å². The SMILES string of the molecule is CCCCCCC(C)NCc1ccc(Br)c(F)c1. The normalized spacial score (nSPS) is 12.7. The largest absolute Gasteiger partial charge is 0.310 e. The Hall–Kier alpha value is -0.410. The number of hydrogen-bond donors (Lipinski definition) is 1. The smallest absolute Gasteiger partial charge is 0.137 e. The molecule has 3 heteroatoms. The summed E-state index contributed by atoms with van der Waals surface area (Å²) in [5, 5.41) is 3.44. The molecule has 0 radical (unpaired) electrons. The first-order chi connectivity index (χ1) is 8.63. The minimum absolute atomic E-state index is 0.190. The molecule has 1 nitrogen and oxygen atoms in total. The first kappa shape index (κ1) is 15.6. The molecule has 1 atom stereocenters. The molecule has 0 aliphatic carbocycles. The van der Waals surface area contributed by atoms with E-state index in [4.69, 9.17) is 0 Å². The lowest BCUT2D eigenvalue weighted by Gasteiger charge is -2.13. The van der Waals surface area contributed by atoms with Crippen LogP contribution in [0, 0.1) is 5.82 Å². The Balaban J connectivity index is 2.24. The number of rotatable bonds is 8. The van der Waals surface area contributed by atoms with Gasteiger partial charge in [-0.2, -0.15) is 0 Å². The van der Waals surface area contributed by atoms with Crippen molar-refractivity contribution < 1.29 is 4.39 Å². The molecule has 1 N–H and O–H groups in total. The van der Waals surface area contributed by atoms with Crippen LogP contribution in [0.5, 0.6) is 0 Å². The Bertz CT molecular complexity index is 354. The highest BCUT2D eigenvalue weighted by Gasteiger charge is 2.03. The van der Waals surface area contributed by atoms with Crippen molar-refractivity contribution in [2.24, 2.45) is 0 Å². The molecule has 0 spiro atoms. The lowest BCUT2D eigenvalue weighted by molar-refractivity contribution is 0.481. The molecular weight excluding hydrogens is 293 g/mol. The van der Waals surface area contributed by atoms with Gasteiger partial charge in [0.15, 0.2) is 0 Å². The van der Waals surface area contributed by atoms with Crippen LogP contribution in [0.15, 0.2) is 22.7 Å². The van der Waals surface area contributed by atoms with E-state index in [0.717, 1.165) is 12.1 Å². The molecule has 1 aromatic rings. The van der Waals surface area contributed by atoms with Crippen molar-refractivity contribution in [3.8, 4) is 0 Å². The van der Waals surface area contributed by atoms with Crippen molar-refractivity contribution in [2.75, 3.05) is 0 Å². The first-order valence-corrected chi connectivity index (χ1v) is 7.60. The maximum Gasteiger partial charge on any atom is 0.137 e. The molecule has 0 aromatic heterocycles. The highest BCUT2D eigenvalue weighted by Crippen LogP contribution is 2.16. The summed E-state index contributed by atoms with van der Waals surface area (Å²) in [5.74, 6) is -0.190. The van der Waals surface area contributed by atoms with Crippen LogP contribution in [0.3, 0.4) is 0 Å². The molecule has 0 amide bonds. The Morgan fingerprint density at radius 1 is 1.28 bits per heavy atom. The highest BCUT2D eigenvalue weighted by atomic mass is 79.9. The molecule has 0 saturated heterocycles. The molecule has 1 rings (SSSR count). The summed E-state index contributed by atoms with van der Waals surface area (Å²) in [6.45, 7) is 5.16. The predicted molar refractivity (Wildman–Crippen MR) is 79.2 cm³/mol. The van der Waals surface area contributed by atoms with Crippen LogP contribution in [0.1, 0.15) is 51.5 Å². The van der Waals surface area contributed by atoms with E-state index in [0.29, 0.717) is 10.5 Å². The molecule has 1 unspecified atom stereocenters. The average Bonchev–Trinajstić information content (AvgIpc) is 2.36. The fraction of sp³-hybridized carbons (Fsp3) is 0.600. The number of hydrogen-bond acceptors (Lipinski definition) is 1. The maximum atomic E-state index is 13.3. The molecule has 0 fully saturated rings. The Morgan fingerprint density at radius 2 is 2.06 bits per heavy atom. The van der Waals surface area contributed by atoms with Gasteiger partial charge >= 0.3 is 0 Å². The van der Waals surface area contributed by atoms with Crippen LogP contribution in [0.4, 0.5) is 4.39 Å². The van der Waals surface area contributed by atoms with Gasteiger partial charge in [0.2, 0.25) is 0 Å². The van der Waals surface area contributed by atoms with Crippen LogP contribution in [-0.2, 0) is 6.54 Å². The monoisotopic (exact) mass is 315 g/mol. The third-order valence-electron chi connectivity index (χ3n) is 3.13. The van der Waals surface area contributed by atoms with E-state index < -0.39 is 0 Å². The standard InChI is InChI=1S/C15H23BrFN/c1-3-4-5-6-7-12(2)18-11-13-8-9-14(16)15(17)10-13/h8-10,12,18H,3-7,11H2,1-2H3. The van der Waals surface area contributed by atoms with Crippen molar-refractivity contribution in [1.82, 2.24) is 5.32 Å². The maximum absolute atomic E-state index is 13.3. The second-order valence-corrected chi connectivity index (χ2v) is 5.73. The molecule has 0 aliphatic rings. The minimum atomic E-state index is -0.190. The first-order valence-electron chi connectivity index (χ1n) is 6.80. The van der Waals surface area contributed by atoms with Gasteiger partial charge in [0.1, 0.15) is 5.82 Å². The van der Waals surface area contributed by atoms with Crippen molar-refractivity contribution in [2.45, 2.75) is 58.5 Å². The minimum Gasteiger partial charge on any atom is -0.310 e. The van der Waals surface area contributed by atoms with Crippen molar-refractivity contribution in [3.05, 3.63) is 34.1 Å². The van der Waals surface area contributed by atoms with Gasteiger partial charge in [-0.25, -0.2) is 4.39 Å². The zero-order valence-corrected chi connectivity index (χ0v) is 12.9. The van der Waals surface area contributed by atoms with Gasteiger partial charge < -0.3 is 5.32 Å². The average molecular weight is 316 g/mol. The van der Waals surface area contributed by atoms with E-state index in [9.17, 15) is 4.39 Å². The van der Waals surface area contributed by atoms with E-state index in [1.54, 1.807) is 12.1 Å². The number of halogens is 2. The van der Waals surface area contributed by atoms with E-state index in [-0.39, 0.29) is 5.82 Å². The van der Waals surface area contributed by atoms with E-state index in [1.807, 2.05) is 6.07 Å². The quantitative estimate of drug-likeness (QED) is 0.663. The summed E-state index contributed by atoms with van der Waals surface area (Å²) in [4.78, 5) is 0. The summed E-state index contributed by atoms with van der Waals surface area (Å²) < 4.78 is 13.8. The summed E-state index contributed by atoms with van der Waals surface area (Å²) >= 11 is 3.16. The van der Waals surface area contributed by atoms with Crippen LogP contribution >= 0.6 is 15.9 Å². The zero-order chi connectivity index (χ0) is 13.4.